The highest BCUT2D eigenvalue weighted by Gasteiger charge is 2.26. The Morgan fingerprint density at radius 3 is 2.57 bits per heavy atom. The largest absolute Gasteiger partial charge is 0.497 e. The molecule has 4 rings (SSSR count). The minimum atomic E-state index is -0.0251. The third kappa shape index (κ3) is 3.26. The van der Waals surface area contributed by atoms with Gasteiger partial charge in [-0.15, -0.1) is 0 Å². The van der Waals surface area contributed by atoms with Crippen LogP contribution in [0.15, 0.2) is 30.3 Å². The molecule has 0 radical (unpaired) electrons. The van der Waals surface area contributed by atoms with Crippen molar-refractivity contribution in [3.63, 3.8) is 0 Å². The van der Waals surface area contributed by atoms with Crippen molar-refractivity contribution in [2.75, 3.05) is 20.7 Å². The van der Waals surface area contributed by atoms with E-state index in [0.29, 0.717) is 36.2 Å². The number of ether oxygens (including phenoxy) is 1. The van der Waals surface area contributed by atoms with Gasteiger partial charge in [0.25, 0.3) is 5.91 Å². The van der Waals surface area contributed by atoms with Gasteiger partial charge in [-0.05, 0) is 30.2 Å². The third-order valence-electron chi connectivity index (χ3n) is 4.78. The van der Waals surface area contributed by atoms with E-state index in [4.69, 9.17) is 14.8 Å². The fourth-order valence-corrected chi connectivity index (χ4v) is 3.29. The average molecular weight is 380 g/mol. The predicted molar refractivity (Wildman–Crippen MR) is 105 cm³/mol. The summed E-state index contributed by atoms with van der Waals surface area (Å²) in [5.41, 5.74) is 2.10. The van der Waals surface area contributed by atoms with Crippen LogP contribution in [0.25, 0.3) is 17.2 Å². The second kappa shape index (κ2) is 7.10. The number of rotatable bonds is 5. The molecule has 3 heterocycles. The van der Waals surface area contributed by atoms with Crippen molar-refractivity contribution in [3.05, 3.63) is 41.9 Å². The minimum Gasteiger partial charge on any atom is -0.497 e. The molecule has 28 heavy (non-hydrogen) atoms. The van der Waals surface area contributed by atoms with Crippen molar-refractivity contribution in [2.24, 2.45) is 5.92 Å². The quantitative estimate of drug-likeness (QED) is 0.679. The van der Waals surface area contributed by atoms with Gasteiger partial charge in [0, 0.05) is 26.1 Å². The smallest absolute Gasteiger partial charge is 0.271 e. The molecule has 0 fully saturated rings. The minimum absolute atomic E-state index is 0.0251. The van der Waals surface area contributed by atoms with Gasteiger partial charge in [0.05, 0.1) is 19.3 Å². The average Bonchev–Trinajstić information content (AvgIpc) is 3.29. The molecule has 146 valence electrons. The number of hydrogen-bond acceptors (Lipinski definition) is 5. The van der Waals surface area contributed by atoms with E-state index in [1.54, 1.807) is 34.5 Å². The molecule has 0 bridgehead atoms. The molecule has 1 aliphatic heterocycles. The van der Waals surface area contributed by atoms with E-state index in [9.17, 15) is 4.79 Å². The highest BCUT2D eigenvalue weighted by atomic mass is 16.5. The number of likely N-dealkylation sites (N-methyl/N-ethyl adjacent to an activating group) is 1. The summed E-state index contributed by atoms with van der Waals surface area (Å²) in [6.07, 6.45) is 0.769. The monoisotopic (exact) mass is 380 g/mol. The fourth-order valence-electron chi connectivity index (χ4n) is 3.29. The molecule has 0 spiro atoms. The molecule has 0 atom stereocenters. The van der Waals surface area contributed by atoms with E-state index in [1.165, 1.54) is 0 Å². The standard InChI is InChI=1S/C20H24N6O2/c1-13(2)11-18-21-19(26(23-18)14-5-7-15(28-4)8-6-14)16-12-17-20(27)24(3)9-10-25(17)22-16/h5-8,12-13H,9-11H2,1-4H3. The molecule has 0 saturated carbocycles. The molecule has 8 heteroatoms. The summed E-state index contributed by atoms with van der Waals surface area (Å²) in [6, 6.07) is 9.45. The lowest BCUT2D eigenvalue weighted by Crippen LogP contribution is -2.37. The number of hydrogen-bond donors (Lipinski definition) is 0. The number of aromatic nitrogens is 5. The summed E-state index contributed by atoms with van der Waals surface area (Å²) in [5, 5.41) is 9.35. The molecule has 1 aliphatic rings. The Morgan fingerprint density at radius 2 is 1.89 bits per heavy atom. The van der Waals surface area contributed by atoms with Crippen LogP contribution in [-0.2, 0) is 13.0 Å². The normalized spacial score (nSPS) is 13.9. The van der Waals surface area contributed by atoms with Crippen LogP contribution in [-0.4, -0.2) is 56.1 Å². The van der Waals surface area contributed by atoms with Crippen LogP contribution < -0.4 is 4.74 Å². The van der Waals surface area contributed by atoms with Gasteiger partial charge in [0.1, 0.15) is 17.1 Å². The topological polar surface area (TPSA) is 78.1 Å². The first-order valence-corrected chi connectivity index (χ1v) is 9.40. The summed E-state index contributed by atoms with van der Waals surface area (Å²) in [5.74, 6) is 2.58. The van der Waals surface area contributed by atoms with Crippen LogP contribution in [0.3, 0.4) is 0 Å². The number of benzene rings is 1. The van der Waals surface area contributed by atoms with Gasteiger partial charge in [-0.2, -0.15) is 10.2 Å². The van der Waals surface area contributed by atoms with Gasteiger partial charge in [0.15, 0.2) is 11.6 Å². The first kappa shape index (κ1) is 18.2. The Kier molecular flexibility index (Phi) is 4.62. The van der Waals surface area contributed by atoms with Crippen molar-refractivity contribution in [2.45, 2.75) is 26.8 Å². The number of methoxy groups -OCH3 is 1. The summed E-state index contributed by atoms with van der Waals surface area (Å²) >= 11 is 0. The molecule has 0 unspecified atom stereocenters. The SMILES string of the molecule is COc1ccc(-n2nc(CC(C)C)nc2-c2cc3n(n2)CCN(C)C3=O)cc1. The highest BCUT2D eigenvalue weighted by Crippen LogP contribution is 2.25. The van der Waals surface area contributed by atoms with Crippen LogP contribution in [0.1, 0.15) is 30.2 Å². The van der Waals surface area contributed by atoms with E-state index in [1.807, 2.05) is 24.3 Å². The number of fused-ring (bicyclic) bond motifs is 1. The van der Waals surface area contributed by atoms with Crippen molar-refractivity contribution < 1.29 is 9.53 Å². The van der Waals surface area contributed by atoms with E-state index < -0.39 is 0 Å². The van der Waals surface area contributed by atoms with E-state index >= 15 is 0 Å². The predicted octanol–water partition coefficient (Wildman–Crippen LogP) is 2.42. The van der Waals surface area contributed by atoms with Gasteiger partial charge in [-0.1, -0.05) is 13.8 Å². The first-order chi connectivity index (χ1) is 13.5. The molecule has 3 aromatic rings. The summed E-state index contributed by atoms with van der Waals surface area (Å²) in [4.78, 5) is 18.9. The number of carbonyl (C=O) groups excluding carboxylic acids is 1. The van der Waals surface area contributed by atoms with Gasteiger partial charge < -0.3 is 9.64 Å². The zero-order chi connectivity index (χ0) is 19.8. The van der Waals surface area contributed by atoms with Crippen molar-refractivity contribution >= 4 is 5.91 Å². The molecule has 2 aromatic heterocycles. The zero-order valence-electron chi connectivity index (χ0n) is 16.6. The van der Waals surface area contributed by atoms with Crippen molar-refractivity contribution in [1.29, 1.82) is 0 Å². The van der Waals surface area contributed by atoms with Gasteiger partial charge in [-0.3, -0.25) is 9.48 Å². The lowest BCUT2D eigenvalue weighted by atomic mass is 10.1. The lowest BCUT2D eigenvalue weighted by Gasteiger charge is -2.22. The van der Waals surface area contributed by atoms with Crippen LogP contribution in [0.4, 0.5) is 0 Å². The second-order valence-corrected chi connectivity index (χ2v) is 7.42. The highest BCUT2D eigenvalue weighted by molar-refractivity contribution is 5.94. The van der Waals surface area contributed by atoms with Crippen LogP contribution >= 0.6 is 0 Å². The van der Waals surface area contributed by atoms with Gasteiger partial charge in [-0.25, -0.2) is 9.67 Å². The molecular weight excluding hydrogens is 356 g/mol. The van der Waals surface area contributed by atoms with E-state index in [0.717, 1.165) is 23.7 Å². The Morgan fingerprint density at radius 1 is 1.14 bits per heavy atom. The van der Waals surface area contributed by atoms with Crippen LogP contribution in [0.2, 0.25) is 0 Å². The zero-order valence-corrected chi connectivity index (χ0v) is 16.6. The fraction of sp³-hybridized carbons (Fsp3) is 0.400. The Bertz CT molecular complexity index is 1000. The van der Waals surface area contributed by atoms with Gasteiger partial charge in [0.2, 0.25) is 0 Å². The Balaban J connectivity index is 1.80. The number of carbonyl (C=O) groups is 1. The summed E-state index contributed by atoms with van der Waals surface area (Å²) < 4.78 is 8.80. The summed E-state index contributed by atoms with van der Waals surface area (Å²) in [6.45, 7) is 5.60. The molecule has 8 nitrogen and oxygen atoms in total. The molecule has 0 saturated heterocycles. The molecular formula is C20H24N6O2. The maximum Gasteiger partial charge on any atom is 0.271 e. The first-order valence-electron chi connectivity index (χ1n) is 9.40. The van der Waals surface area contributed by atoms with E-state index in [2.05, 4.69) is 18.9 Å². The Labute approximate surface area is 163 Å². The van der Waals surface area contributed by atoms with Crippen molar-refractivity contribution in [1.82, 2.24) is 29.4 Å². The number of amides is 1. The maximum atomic E-state index is 12.4. The lowest BCUT2D eigenvalue weighted by molar-refractivity contribution is 0.0743. The second-order valence-electron chi connectivity index (χ2n) is 7.42. The molecule has 1 aromatic carbocycles. The maximum absolute atomic E-state index is 12.4. The van der Waals surface area contributed by atoms with Crippen LogP contribution in [0.5, 0.6) is 5.75 Å². The van der Waals surface area contributed by atoms with Gasteiger partial charge >= 0.3 is 0 Å². The molecule has 0 N–H and O–H groups in total. The van der Waals surface area contributed by atoms with Crippen molar-refractivity contribution in [3.8, 4) is 23.0 Å². The third-order valence-corrected chi connectivity index (χ3v) is 4.78. The number of nitrogens with zero attached hydrogens (tertiary/aromatic N) is 6. The van der Waals surface area contributed by atoms with E-state index in [-0.39, 0.29) is 5.91 Å². The Hall–Kier alpha value is -3.16. The summed E-state index contributed by atoms with van der Waals surface area (Å²) in [7, 11) is 3.44. The van der Waals surface area contributed by atoms with Crippen LogP contribution in [0, 0.1) is 5.92 Å². The molecule has 0 aliphatic carbocycles. The molecule has 1 amide bonds.